The van der Waals surface area contributed by atoms with E-state index in [0.717, 1.165) is 23.4 Å². The molecular formula is C24H24FN9O2. The number of fused-ring (bicyclic) bond motifs is 2. The van der Waals surface area contributed by atoms with Gasteiger partial charge in [0.1, 0.15) is 18.2 Å². The summed E-state index contributed by atoms with van der Waals surface area (Å²) in [4.78, 5) is 26.7. The molecule has 2 aromatic heterocycles. The maximum atomic E-state index is 14.0. The molecule has 3 aromatic rings. The van der Waals surface area contributed by atoms with Gasteiger partial charge in [-0.2, -0.15) is 9.94 Å². The van der Waals surface area contributed by atoms with Gasteiger partial charge in [-0.1, -0.05) is 6.07 Å². The smallest absolute Gasteiger partial charge is 0.253 e. The molecular weight excluding hydrogens is 465 g/mol. The number of ether oxygens (including phenoxy) is 1. The maximum Gasteiger partial charge on any atom is 0.253 e. The van der Waals surface area contributed by atoms with Crippen LogP contribution in [0.25, 0.3) is 5.95 Å². The highest BCUT2D eigenvalue weighted by molar-refractivity contribution is 5.85. The lowest BCUT2D eigenvalue weighted by Crippen LogP contribution is -2.60. The number of tetrazole rings is 1. The standard InChI is InChI=1S/C24H24FN9O2/c1-14-16(2-4-20(25)18(14)8-26)22-11-32-6-7-33(10-15(32)12-36-22)23(35)17-3-5-21-19(17)9-27-24(29-21)34-13-28-30-31-34/h2,4,9,13,15,17,22H,3,5-7,10-12H2,1H3/t15-,17-,22-/m1/s1. The van der Waals surface area contributed by atoms with Gasteiger partial charge in [-0.3, -0.25) is 9.69 Å². The second-order valence-electron chi connectivity index (χ2n) is 9.42. The molecule has 3 aliphatic rings. The van der Waals surface area contributed by atoms with Crippen molar-refractivity contribution in [1.82, 2.24) is 40.0 Å². The fourth-order valence-electron chi connectivity index (χ4n) is 5.54. The van der Waals surface area contributed by atoms with Crippen LogP contribution in [0.4, 0.5) is 4.39 Å². The number of nitriles is 1. The van der Waals surface area contributed by atoms with Crippen molar-refractivity contribution in [2.45, 2.75) is 37.8 Å². The van der Waals surface area contributed by atoms with E-state index in [2.05, 4.69) is 30.4 Å². The Morgan fingerprint density at radius 1 is 1.25 bits per heavy atom. The van der Waals surface area contributed by atoms with E-state index in [1.54, 1.807) is 19.2 Å². The molecule has 4 heterocycles. The third kappa shape index (κ3) is 3.81. The minimum absolute atomic E-state index is 0.0690. The van der Waals surface area contributed by atoms with E-state index in [0.29, 0.717) is 50.6 Å². The molecule has 0 spiro atoms. The van der Waals surface area contributed by atoms with E-state index >= 15 is 0 Å². The van der Waals surface area contributed by atoms with Crippen molar-refractivity contribution >= 4 is 5.91 Å². The van der Waals surface area contributed by atoms with Crippen LogP contribution < -0.4 is 0 Å². The SMILES string of the molecule is Cc1c([C@H]2CN3CCN(C(=O)[C@@H]4CCc5nc(-n6cnnn6)ncc54)C[C@@H]3CO2)ccc(F)c1C#N. The molecule has 2 saturated heterocycles. The number of carbonyl (C=O) groups is 1. The Labute approximate surface area is 206 Å². The lowest BCUT2D eigenvalue weighted by atomic mass is 9.96. The Morgan fingerprint density at radius 3 is 2.94 bits per heavy atom. The fraction of sp³-hybridized carbons (Fsp3) is 0.458. The fourth-order valence-corrected chi connectivity index (χ4v) is 5.54. The molecule has 1 aromatic carbocycles. The molecule has 184 valence electrons. The molecule has 1 amide bonds. The number of hydrogen-bond donors (Lipinski definition) is 0. The summed E-state index contributed by atoms with van der Waals surface area (Å²) in [6.45, 7) is 4.82. The highest BCUT2D eigenvalue weighted by Gasteiger charge is 2.39. The second kappa shape index (κ2) is 9.00. The van der Waals surface area contributed by atoms with Crippen molar-refractivity contribution in [2.75, 3.05) is 32.8 Å². The first kappa shape index (κ1) is 22.6. The van der Waals surface area contributed by atoms with Crippen LogP contribution in [0.15, 0.2) is 24.7 Å². The van der Waals surface area contributed by atoms with E-state index in [9.17, 15) is 14.4 Å². The van der Waals surface area contributed by atoms with Gasteiger partial charge in [0.15, 0.2) is 0 Å². The summed E-state index contributed by atoms with van der Waals surface area (Å²) in [7, 11) is 0. The summed E-state index contributed by atoms with van der Waals surface area (Å²) in [5.74, 6) is -0.266. The van der Waals surface area contributed by atoms with E-state index in [1.165, 1.54) is 17.1 Å². The van der Waals surface area contributed by atoms with E-state index < -0.39 is 5.82 Å². The molecule has 0 radical (unpaired) electrons. The Hall–Kier alpha value is -3.82. The summed E-state index contributed by atoms with van der Waals surface area (Å²) >= 11 is 0. The molecule has 0 unspecified atom stereocenters. The van der Waals surface area contributed by atoms with Crippen LogP contribution in [0.2, 0.25) is 0 Å². The number of aromatic nitrogens is 6. The van der Waals surface area contributed by atoms with Crippen molar-refractivity contribution in [3.05, 3.63) is 58.4 Å². The average Bonchev–Trinajstić information content (AvgIpc) is 3.58. The van der Waals surface area contributed by atoms with Gasteiger partial charge in [0, 0.05) is 37.9 Å². The minimum Gasteiger partial charge on any atom is -0.370 e. The zero-order valence-electron chi connectivity index (χ0n) is 19.7. The molecule has 36 heavy (non-hydrogen) atoms. The van der Waals surface area contributed by atoms with Crippen molar-refractivity contribution < 1.29 is 13.9 Å². The van der Waals surface area contributed by atoms with E-state index in [-0.39, 0.29) is 29.5 Å². The number of piperazine rings is 1. The molecule has 1 aliphatic carbocycles. The molecule has 2 fully saturated rings. The summed E-state index contributed by atoms with van der Waals surface area (Å²) in [5, 5.41) is 20.4. The minimum atomic E-state index is -0.509. The number of amides is 1. The highest BCUT2D eigenvalue weighted by Crippen LogP contribution is 2.35. The maximum absolute atomic E-state index is 14.0. The van der Waals surface area contributed by atoms with Gasteiger partial charge in [-0.15, -0.1) is 5.10 Å². The predicted octanol–water partition coefficient (Wildman–Crippen LogP) is 1.09. The van der Waals surface area contributed by atoms with Crippen LogP contribution in [0.1, 0.15) is 46.4 Å². The molecule has 2 aliphatic heterocycles. The summed E-state index contributed by atoms with van der Waals surface area (Å²) in [6.07, 6.45) is 4.34. The van der Waals surface area contributed by atoms with Crippen LogP contribution in [-0.4, -0.2) is 84.7 Å². The van der Waals surface area contributed by atoms with Crippen molar-refractivity contribution in [3.63, 3.8) is 0 Å². The molecule has 6 rings (SSSR count). The van der Waals surface area contributed by atoms with Gasteiger partial charge in [0.2, 0.25) is 5.91 Å². The first-order valence-corrected chi connectivity index (χ1v) is 12.0. The molecule has 0 bridgehead atoms. The van der Waals surface area contributed by atoms with Crippen LogP contribution >= 0.6 is 0 Å². The molecule has 3 atom stereocenters. The number of aryl methyl sites for hydroxylation is 1. The van der Waals surface area contributed by atoms with E-state index in [1.807, 2.05) is 11.0 Å². The van der Waals surface area contributed by atoms with Crippen molar-refractivity contribution in [2.24, 2.45) is 0 Å². The molecule has 12 heteroatoms. The number of hydrogen-bond acceptors (Lipinski definition) is 9. The van der Waals surface area contributed by atoms with Crippen LogP contribution in [0, 0.1) is 24.1 Å². The first-order valence-electron chi connectivity index (χ1n) is 12.0. The van der Waals surface area contributed by atoms with Crippen molar-refractivity contribution in [3.8, 4) is 12.0 Å². The second-order valence-corrected chi connectivity index (χ2v) is 9.42. The quantitative estimate of drug-likeness (QED) is 0.531. The van der Waals surface area contributed by atoms with E-state index in [4.69, 9.17) is 4.74 Å². The number of morpholine rings is 1. The monoisotopic (exact) mass is 489 g/mol. The third-order valence-corrected chi connectivity index (χ3v) is 7.51. The lowest BCUT2D eigenvalue weighted by Gasteiger charge is -2.46. The Morgan fingerprint density at radius 2 is 2.14 bits per heavy atom. The van der Waals surface area contributed by atoms with Gasteiger partial charge in [-0.25, -0.2) is 14.4 Å². The Kier molecular flexibility index (Phi) is 5.66. The lowest BCUT2D eigenvalue weighted by molar-refractivity contribution is -0.141. The first-order chi connectivity index (χ1) is 17.5. The molecule has 0 N–H and O–H groups in total. The number of nitrogens with zero attached hydrogens (tertiary/aromatic N) is 9. The van der Waals surface area contributed by atoms with Gasteiger partial charge >= 0.3 is 0 Å². The van der Waals surface area contributed by atoms with Crippen molar-refractivity contribution in [1.29, 1.82) is 5.26 Å². The van der Waals surface area contributed by atoms with Crippen LogP contribution in [0.3, 0.4) is 0 Å². The summed E-state index contributed by atoms with van der Waals surface area (Å²) in [5.41, 5.74) is 3.27. The molecule has 0 saturated carbocycles. The number of halogens is 1. The predicted molar refractivity (Wildman–Crippen MR) is 122 cm³/mol. The van der Waals surface area contributed by atoms with Gasteiger partial charge in [0.25, 0.3) is 5.95 Å². The largest absolute Gasteiger partial charge is 0.370 e. The Balaban J connectivity index is 1.12. The Bertz CT molecular complexity index is 1360. The zero-order chi connectivity index (χ0) is 24.8. The summed E-state index contributed by atoms with van der Waals surface area (Å²) in [6, 6.07) is 5.09. The zero-order valence-corrected chi connectivity index (χ0v) is 19.7. The number of rotatable bonds is 3. The number of benzene rings is 1. The normalized spacial score (nSPS) is 23.7. The van der Waals surface area contributed by atoms with Gasteiger partial charge in [0.05, 0.1) is 35.9 Å². The average molecular weight is 490 g/mol. The number of carbonyl (C=O) groups excluding carboxylic acids is 1. The molecule has 11 nitrogen and oxygen atoms in total. The topological polar surface area (TPSA) is 126 Å². The van der Waals surface area contributed by atoms with Gasteiger partial charge in [-0.05, 0) is 47.4 Å². The van der Waals surface area contributed by atoms with Gasteiger partial charge < -0.3 is 9.64 Å². The summed E-state index contributed by atoms with van der Waals surface area (Å²) < 4.78 is 21.5. The van der Waals surface area contributed by atoms with Crippen LogP contribution in [-0.2, 0) is 16.0 Å². The highest BCUT2D eigenvalue weighted by atomic mass is 19.1. The van der Waals surface area contributed by atoms with Crippen LogP contribution in [0.5, 0.6) is 0 Å². The third-order valence-electron chi connectivity index (χ3n) is 7.51.